The molecule has 0 radical (unpaired) electrons. The first-order valence-electron chi connectivity index (χ1n) is 13.4. The monoisotopic (exact) mass is 502 g/mol. The van der Waals surface area contributed by atoms with E-state index in [1.54, 1.807) is 0 Å². The molecule has 0 bridgehead atoms. The van der Waals surface area contributed by atoms with Crippen LogP contribution in [0.15, 0.2) is 54.6 Å². The van der Waals surface area contributed by atoms with E-state index in [9.17, 15) is 4.79 Å². The van der Waals surface area contributed by atoms with Crippen LogP contribution in [0.25, 0.3) is 10.4 Å². The number of nitrogens with one attached hydrogen (secondary N) is 3. The quantitative estimate of drug-likeness (QED) is 0.355. The number of aryl methyl sites for hydroxylation is 1. The van der Waals surface area contributed by atoms with Crippen molar-refractivity contribution in [1.82, 2.24) is 15.5 Å². The number of benzene rings is 2. The van der Waals surface area contributed by atoms with Crippen LogP contribution in [0.1, 0.15) is 65.0 Å². The molecular weight excluding hydrogens is 464 g/mol. The van der Waals surface area contributed by atoms with E-state index >= 15 is 0 Å². The molecule has 0 saturated carbocycles. The normalized spacial score (nSPS) is 17.7. The van der Waals surface area contributed by atoms with Gasteiger partial charge in [0.05, 0.1) is 6.04 Å². The lowest BCUT2D eigenvalue weighted by Crippen LogP contribution is -2.35. The Morgan fingerprint density at radius 3 is 2.69 bits per heavy atom. The fraction of sp³-hybridized carbons (Fsp3) is 0.433. The summed E-state index contributed by atoms with van der Waals surface area (Å²) in [5.41, 5.74) is 5.09. The lowest BCUT2D eigenvalue weighted by Gasteiger charge is -2.25. The van der Waals surface area contributed by atoms with Crippen LogP contribution in [0.3, 0.4) is 0 Å². The number of hydrogen-bond acceptors (Lipinski definition) is 5. The summed E-state index contributed by atoms with van der Waals surface area (Å²) in [4.78, 5) is 18.5. The average molecular weight is 503 g/mol. The zero-order valence-corrected chi connectivity index (χ0v) is 22.3. The molecule has 190 valence electrons. The first-order valence-corrected chi connectivity index (χ1v) is 14.2. The maximum atomic E-state index is 13.3. The van der Waals surface area contributed by atoms with Gasteiger partial charge in [0.25, 0.3) is 5.91 Å². The van der Waals surface area contributed by atoms with Crippen LogP contribution < -0.4 is 16.0 Å². The van der Waals surface area contributed by atoms with E-state index in [0.29, 0.717) is 6.04 Å². The molecule has 2 aromatic carbocycles. The summed E-state index contributed by atoms with van der Waals surface area (Å²) >= 11 is 1.88. The summed E-state index contributed by atoms with van der Waals surface area (Å²) in [7, 11) is 0. The number of piperidine rings is 1. The molecule has 1 atom stereocenters. The summed E-state index contributed by atoms with van der Waals surface area (Å²) in [5, 5.41) is 10.3. The fourth-order valence-electron chi connectivity index (χ4n) is 5.26. The number of likely N-dealkylation sites (tertiary alicyclic amines) is 1. The molecule has 2 aliphatic heterocycles. The minimum Gasteiger partial charge on any atom is -0.382 e. The van der Waals surface area contributed by atoms with Crippen molar-refractivity contribution in [3.05, 3.63) is 76.2 Å². The van der Waals surface area contributed by atoms with E-state index in [1.165, 1.54) is 41.2 Å². The summed E-state index contributed by atoms with van der Waals surface area (Å²) in [6.07, 6.45) is 4.85. The van der Waals surface area contributed by atoms with Crippen LogP contribution in [0.2, 0.25) is 0 Å². The van der Waals surface area contributed by atoms with Crippen LogP contribution in [0, 0.1) is 6.92 Å². The van der Waals surface area contributed by atoms with Gasteiger partial charge in [-0.25, -0.2) is 0 Å². The minimum absolute atomic E-state index is 0.0246. The van der Waals surface area contributed by atoms with Crippen molar-refractivity contribution in [2.45, 2.75) is 58.2 Å². The van der Waals surface area contributed by atoms with Gasteiger partial charge in [0.15, 0.2) is 0 Å². The van der Waals surface area contributed by atoms with E-state index in [4.69, 9.17) is 0 Å². The first-order chi connectivity index (χ1) is 17.5. The number of nitrogens with zero attached hydrogens (tertiary/aromatic N) is 1. The van der Waals surface area contributed by atoms with Gasteiger partial charge in [0.1, 0.15) is 0 Å². The van der Waals surface area contributed by atoms with E-state index < -0.39 is 0 Å². The van der Waals surface area contributed by atoms with E-state index in [1.807, 2.05) is 30.4 Å². The molecule has 1 aromatic heterocycles. The number of anilines is 1. The van der Waals surface area contributed by atoms with Crippen molar-refractivity contribution in [1.29, 1.82) is 0 Å². The molecule has 3 aromatic rings. The molecule has 0 spiro atoms. The predicted molar refractivity (Wildman–Crippen MR) is 151 cm³/mol. The highest BCUT2D eigenvalue weighted by atomic mass is 32.1. The maximum Gasteiger partial charge on any atom is 0.252 e. The SMILES string of the molecule is Cc1ccc(NC2CCNCC2)cc1C(=O)N[C@H](C)c1cccc(-c2ccc(CN3CCCC3)s2)c1. The molecule has 6 heteroatoms. The number of carbonyl (C=O) groups excluding carboxylic acids is 1. The Labute approximate surface area is 219 Å². The molecule has 36 heavy (non-hydrogen) atoms. The Bertz CT molecular complexity index is 1180. The fourth-order valence-corrected chi connectivity index (χ4v) is 6.30. The van der Waals surface area contributed by atoms with Gasteiger partial charge in [-0.15, -0.1) is 11.3 Å². The third-order valence-electron chi connectivity index (χ3n) is 7.45. The number of hydrogen-bond donors (Lipinski definition) is 3. The number of thiophene rings is 1. The Kier molecular flexibility index (Phi) is 8.05. The highest BCUT2D eigenvalue weighted by Crippen LogP contribution is 2.31. The van der Waals surface area contributed by atoms with Crippen LogP contribution in [-0.4, -0.2) is 43.0 Å². The van der Waals surface area contributed by atoms with Crippen molar-refractivity contribution in [2.75, 3.05) is 31.5 Å². The van der Waals surface area contributed by atoms with Crippen molar-refractivity contribution < 1.29 is 4.79 Å². The molecule has 2 fully saturated rings. The van der Waals surface area contributed by atoms with Gasteiger partial charge in [-0.05, 0) is 113 Å². The number of amides is 1. The average Bonchev–Trinajstić information content (AvgIpc) is 3.59. The second-order valence-corrected chi connectivity index (χ2v) is 11.4. The van der Waals surface area contributed by atoms with Crippen LogP contribution in [0.5, 0.6) is 0 Å². The second-order valence-electron chi connectivity index (χ2n) is 10.3. The standard InChI is InChI=1S/C30H38N4OS/c1-21-8-9-26(33-25-12-14-31-15-13-25)19-28(21)30(35)32-22(2)23-6-5-7-24(18-23)29-11-10-27(36-29)20-34-16-3-4-17-34/h5-11,18-19,22,25,31,33H,3-4,12-17,20H2,1-2H3,(H,32,35)/t22-/m1/s1. The summed E-state index contributed by atoms with van der Waals surface area (Å²) in [5.74, 6) is -0.0246. The number of carbonyl (C=O) groups is 1. The smallest absolute Gasteiger partial charge is 0.252 e. The molecular formula is C30H38N4OS. The molecule has 3 N–H and O–H groups in total. The van der Waals surface area contributed by atoms with Crippen LogP contribution in [0.4, 0.5) is 5.69 Å². The summed E-state index contributed by atoms with van der Waals surface area (Å²) in [6, 6.07) is 19.6. The zero-order valence-electron chi connectivity index (χ0n) is 21.5. The van der Waals surface area contributed by atoms with Gasteiger partial charge in [0, 0.05) is 33.6 Å². The molecule has 3 heterocycles. The van der Waals surface area contributed by atoms with E-state index in [-0.39, 0.29) is 11.9 Å². The van der Waals surface area contributed by atoms with Crippen molar-refractivity contribution >= 4 is 22.9 Å². The Morgan fingerprint density at radius 1 is 1.08 bits per heavy atom. The lowest BCUT2D eigenvalue weighted by molar-refractivity contribution is 0.0939. The highest BCUT2D eigenvalue weighted by molar-refractivity contribution is 7.15. The Balaban J connectivity index is 1.24. The summed E-state index contributed by atoms with van der Waals surface area (Å²) < 4.78 is 0. The molecule has 2 saturated heterocycles. The lowest BCUT2D eigenvalue weighted by atomic mass is 10.0. The third-order valence-corrected chi connectivity index (χ3v) is 8.57. The second kappa shape index (κ2) is 11.6. The first kappa shape index (κ1) is 25.0. The topological polar surface area (TPSA) is 56.4 Å². The Hall–Kier alpha value is -2.67. The van der Waals surface area contributed by atoms with Crippen LogP contribution >= 0.6 is 11.3 Å². The molecule has 5 rings (SSSR count). The molecule has 5 nitrogen and oxygen atoms in total. The van der Waals surface area contributed by atoms with E-state index in [2.05, 4.69) is 70.2 Å². The highest BCUT2D eigenvalue weighted by Gasteiger charge is 2.18. The van der Waals surface area contributed by atoms with Crippen molar-refractivity contribution in [3.63, 3.8) is 0 Å². The zero-order chi connectivity index (χ0) is 24.9. The number of rotatable bonds is 8. The van der Waals surface area contributed by atoms with Gasteiger partial charge < -0.3 is 16.0 Å². The Morgan fingerprint density at radius 2 is 1.89 bits per heavy atom. The molecule has 0 unspecified atom stereocenters. The van der Waals surface area contributed by atoms with Gasteiger partial charge >= 0.3 is 0 Å². The molecule has 0 aliphatic carbocycles. The third kappa shape index (κ3) is 6.17. The van der Waals surface area contributed by atoms with Gasteiger partial charge in [-0.1, -0.05) is 24.3 Å². The van der Waals surface area contributed by atoms with Crippen LogP contribution in [-0.2, 0) is 6.54 Å². The van der Waals surface area contributed by atoms with Crippen molar-refractivity contribution in [3.8, 4) is 10.4 Å². The van der Waals surface area contributed by atoms with Crippen molar-refractivity contribution in [2.24, 2.45) is 0 Å². The summed E-state index contributed by atoms with van der Waals surface area (Å²) in [6.45, 7) is 9.65. The van der Waals surface area contributed by atoms with Gasteiger partial charge in [-0.2, -0.15) is 0 Å². The van der Waals surface area contributed by atoms with Gasteiger partial charge in [-0.3, -0.25) is 9.69 Å². The minimum atomic E-state index is -0.0816. The predicted octanol–water partition coefficient (Wildman–Crippen LogP) is 5.97. The molecule has 1 amide bonds. The van der Waals surface area contributed by atoms with Gasteiger partial charge in [0.2, 0.25) is 0 Å². The maximum absolute atomic E-state index is 13.3. The largest absolute Gasteiger partial charge is 0.382 e. The van der Waals surface area contributed by atoms with E-state index in [0.717, 1.165) is 54.9 Å². The molecule has 2 aliphatic rings.